The Balaban J connectivity index is 0.000000450. The van der Waals surface area contributed by atoms with Gasteiger partial charge in [0.1, 0.15) is 17.2 Å². The molecule has 0 saturated heterocycles. The number of fused-ring (bicyclic) bond motifs is 6. The largest absolute Gasteiger partial charge is 0.508 e. The standard InChI is InChI=1S/2C18H18.2C14H16.3C10H14O.C10H14.5CH4O/c1-3-13(2)17-10-6-9-16-11-14-7-4-5-8-15(14)12-18(16)17;1-3-13(2)14-8-9-17-11-15-6-4-5-7-16(15)12-18(17)10-14;1-3-11(2)13-10-6-8-12-7-4-5-9-14(12)13;1-3-11(2)13-9-8-12-6-4-5-7-14(12)10-13;1-3-8(2)9-4-6-10(11)7-5-9;1-3-8(2)9-5-4-6-10(11)7-9;1-3-8(2)9-6-4-5-7-10(9)11;1-3-9(2)10-7-5-4-6-8-10;5*1-2/h2*4-13H,3H2,1-2H3;2*4-11H,3H2,1-2H3;3*4-8,11H,3H2,1-2H3;4-9H,3H2,1-2H3;5*2H,1H3. The smallest absolute Gasteiger partial charge is 0.119 e. The van der Waals surface area contributed by atoms with Gasteiger partial charge in [-0.25, -0.2) is 0 Å². The summed E-state index contributed by atoms with van der Waals surface area (Å²) in [6, 6.07) is 103. The van der Waals surface area contributed by atoms with E-state index in [-0.39, 0.29) is 0 Å². The average molecular weight is 1580 g/mol. The molecular weight excluding hydrogens is 1440 g/mol. The molecule has 0 aromatic heterocycles. The SMILES string of the molecule is CCC(C)c1ccc(O)cc1.CCC(C)c1ccc2cc3ccccc3cc2c1.CCC(C)c1ccc2ccccc2c1.CCC(C)c1cccc(O)c1.CCC(C)c1cccc2cc3ccccc3cc12.CCC(C)c1cccc2ccccc12.CCC(C)c1ccccc1.CCC(C)c1ccccc1O.CO.CO.CO.CO.CO. The Labute approximate surface area is 705 Å². The highest BCUT2D eigenvalue weighted by Gasteiger charge is 2.12. The second-order valence-electron chi connectivity index (χ2n) is 29.4. The molecule has 8 atom stereocenters. The molecule has 8 N–H and O–H groups in total. The molecule has 8 unspecified atom stereocenters. The molecule has 14 aromatic rings. The van der Waals surface area contributed by atoms with Crippen molar-refractivity contribution in [3.8, 4) is 17.2 Å². The first-order valence-electron chi connectivity index (χ1n) is 42.2. The van der Waals surface area contributed by atoms with Crippen molar-refractivity contribution in [2.45, 2.75) is 209 Å². The van der Waals surface area contributed by atoms with Crippen molar-refractivity contribution in [1.29, 1.82) is 0 Å². The van der Waals surface area contributed by atoms with Gasteiger partial charge in [0.15, 0.2) is 0 Å². The predicted octanol–water partition coefficient (Wildman–Crippen LogP) is 29.7. The third kappa shape index (κ3) is 34.1. The number of hydrogen-bond acceptors (Lipinski definition) is 8. The van der Waals surface area contributed by atoms with E-state index < -0.39 is 0 Å². The first-order valence-corrected chi connectivity index (χ1v) is 42.2. The number of aliphatic hydroxyl groups excluding tert-OH is 5. The van der Waals surface area contributed by atoms with Crippen molar-refractivity contribution in [1.82, 2.24) is 0 Å². The molecule has 14 aromatic carbocycles. The van der Waals surface area contributed by atoms with Crippen molar-refractivity contribution in [2.24, 2.45) is 0 Å². The highest BCUT2D eigenvalue weighted by Crippen LogP contribution is 2.34. The van der Waals surface area contributed by atoms with E-state index in [4.69, 9.17) is 35.7 Å². The van der Waals surface area contributed by atoms with Crippen LogP contribution in [0.5, 0.6) is 17.2 Å². The van der Waals surface area contributed by atoms with Gasteiger partial charge in [0.2, 0.25) is 0 Å². The molecule has 0 saturated carbocycles. The molecule has 0 bridgehead atoms. The Bertz CT molecular complexity index is 4890. The van der Waals surface area contributed by atoms with Crippen LogP contribution in [0.4, 0.5) is 0 Å². The van der Waals surface area contributed by atoms with Crippen molar-refractivity contribution < 1.29 is 40.9 Å². The van der Waals surface area contributed by atoms with E-state index in [1.165, 1.54) is 136 Å². The monoisotopic (exact) mass is 1580 g/mol. The number of aromatic hydroxyl groups is 3. The summed E-state index contributed by atoms with van der Waals surface area (Å²) in [5, 5.41) is 78.8. The van der Waals surface area contributed by atoms with E-state index in [0.717, 1.165) is 60.4 Å². The summed E-state index contributed by atoms with van der Waals surface area (Å²) in [5.74, 6) is 6.01. The van der Waals surface area contributed by atoms with Gasteiger partial charge in [-0.15, -0.1) is 0 Å². The molecule has 628 valence electrons. The van der Waals surface area contributed by atoms with Crippen molar-refractivity contribution in [3.63, 3.8) is 0 Å². The van der Waals surface area contributed by atoms with Crippen molar-refractivity contribution in [2.75, 3.05) is 35.5 Å². The van der Waals surface area contributed by atoms with Gasteiger partial charge in [-0.2, -0.15) is 0 Å². The number of benzene rings is 14. The predicted molar refractivity (Wildman–Crippen MR) is 512 cm³/mol. The Kier molecular flexibility index (Phi) is 52.3. The molecule has 14 rings (SSSR count). The van der Waals surface area contributed by atoms with Crippen LogP contribution in [-0.4, -0.2) is 76.4 Å². The lowest BCUT2D eigenvalue weighted by Crippen LogP contribution is -1.92. The van der Waals surface area contributed by atoms with Crippen LogP contribution < -0.4 is 0 Å². The highest BCUT2D eigenvalue weighted by atomic mass is 16.3. The summed E-state index contributed by atoms with van der Waals surface area (Å²) in [5.41, 5.74) is 10.9. The molecule has 0 heterocycles. The zero-order valence-corrected chi connectivity index (χ0v) is 74.6. The number of hydrogen-bond donors (Lipinski definition) is 8. The topological polar surface area (TPSA) is 162 Å². The minimum atomic E-state index is 0.344. The zero-order chi connectivity index (χ0) is 87.2. The maximum absolute atomic E-state index is 9.41. The summed E-state index contributed by atoms with van der Waals surface area (Å²) in [4.78, 5) is 0. The Morgan fingerprint density at radius 1 is 0.179 bits per heavy atom. The third-order valence-corrected chi connectivity index (χ3v) is 21.9. The number of phenolic OH excluding ortho intramolecular Hbond substituents is 3. The van der Waals surface area contributed by atoms with Crippen LogP contribution in [0.15, 0.2) is 297 Å². The lowest BCUT2D eigenvalue weighted by Gasteiger charge is -2.13. The maximum atomic E-state index is 9.41. The van der Waals surface area contributed by atoms with Crippen LogP contribution in [0.25, 0.3) is 64.6 Å². The fourth-order valence-electron chi connectivity index (χ4n) is 13.0. The molecule has 0 amide bonds. The van der Waals surface area contributed by atoms with E-state index in [1.54, 1.807) is 24.3 Å². The van der Waals surface area contributed by atoms with E-state index in [0.29, 0.717) is 64.6 Å². The van der Waals surface area contributed by atoms with Crippen molar-refractivity contribution in [3.05, 3.63) is 342 Å². The minimum Gasteiger partial charge on any atom is -0.508 e. The Hall–Kier alpha value is -10.2. The van der Waals surface area contributed by atoms with Crippen LogP contribution >= 0.6 is 0 Å². The second kappa shape index (κ2) is 59.5. The van der Waals surface area contributed by atoms with Crippen molar-refractivity contribution >= 4 is 64.6 Å². The van der Waals surface area contributed by atoms with Gasteiger partial charge in [-0.3, -0.25) is 0 Å². The first kappa shape index (κ1) is 103. The second-order valence-corrected chi connectivity index (χ2v) is 29.4. The number of para-hydroxylation sites is 1. The highest BCUT2D eigenvalue weighted by molar-refractivity contribution is 6.00. The van der Waals surface area contributed by atoms with E-state index in [1.807, 2.05) is 48.5 Å². The van der Waals surface area contributed by atoms with Crippen LogP contribution in [0.3, 0.4) is 0 Å². The average Bonchev–Trinajstić information content (AvgIpc) is 0.787. The molecule has 8 heteroatoms. The molecule has 0 aliphatic rings. The molecule has 117 heavy (non-hydrogen) atoms. The molecule has 0 spiro atoms. The summed E-state index contributed by atoms with van der Waals surface area (Å²) >= 11 is 0. The van der Waals surface area contributed by atoms with Crippen LogP contribution in [0.2, 0.25) is 0 Å². The number of rotatable bonds is 16. The van der Waals surface area contributed by atoms with Gasteiger partial charge in [-0.05, 0) is 262 Å². The lowest BCUT2D eigenvalue weighted by atomic mass is 9.91. The van der Waals surface area contributed by atoms with Crippen LogP contribution in [0, 0.1) is 0 Å². The molecule has 8 nitrogen and oxygen atoms in total. The summed E-state index contributed by atoms with van der Waals surface area (Å²) < 4.78 is 0. The lowest BCUT2D eigenvalue weighted by molar-refractivity contribution is 0.399. The fraction of sp³-hybridized carbons (Fsp3) is 0.339. The number of aliphatic hydroxyl groups is 5. The quantitative estimate of drug-likeness (QED) is 0.0444. The van der Waals surface area contributed by atoms with Gasteiger partial charge >= 0.3 is 0 Å². The van der Waals surface area contributed by atoms with E-state index in [2.05, 4.69) is 335 Å². The van der Waals surface area contributed by atoms with Crippen LogP contribution in [0.1, 0.15) is 254 Å². The molecule has 0 fully saturated rings. The fourth-order valence-corrected chi connectivity index (χ4v) is 13.0. The molecule has 0 aliphatic heterocycles. The maximum Gasteiger partial charge on any atom is 0.119 e. The summed E-state index contributed by atoms with van der Waals surface area (Å²) in [7, 11) is 5.00. The third-order valence-electron chi connectivity index (χ3n) is 21.9. The number of phenols is 3. The summed E-state index contributed by atoms with van der Waals surface area (Å²) in [6.45, 7) is 35.5. The minimum absolute atomic E-state index is 0.344. The van der Waals surface area contributed by atoms with E-state index in [9.17, 15) is 5.11 Å². The zero-order valence-electron chi connectivity index (χ0n) is 74.6. The van der Waals surface area contributed by atoms with E-state index >= 15 is 0 Å². The molecule has 0 aliphatic carbocycles. The van der Waals surface area contributed by atoms with Gasteiger partial charge in [0.05, 0.1) is 0 Å². The Morgan fingerprint density at radius 3 is 0.923 bits per heavy atom. The molecular formula is C109H144O8. The van der Waals surface area contributed by atoms with Gasteiger partial charge in [-0.1, -0.05) is 353 Å². The van der Waals surface area contributed by atoms with Gasteiger partial charge in [0, 0.05) is 35.5 Å². The van der Waals surface area contributed by atoms with Gasteiger partial charge in [0.25, 0.3) is 0 Å². The first-order chi connectivity index (χ1) is 56.8. The molecule has 0 radical (unpaired) electrons. The summed E-state index contributed by atoms with van der Waals surface area (Å²) in [6.07, 6.45) is 9.34. The van der Waals surface area contributed by atoms with Gasteiger partial charge < -0.3 is 40.9 Å². The Morgan fingerprint density at radius 2 is 0.462 bits per heavy atom. The van der Waals surface area contributed by atoms with Crippen LogP contribution in [-0.2, 0) is 0 Å². The normalized spacial score (nSPS) is 12.1.